The van der Waals surface area contributed by atoms with E-state index in [1.165, 1.54) is 6.33 Å². The van der Waals surface area contributed by atoms with Gasteiger partial charge in [-0.05, 0) is 30.3 Å². The van der Waals surface area contributed by atoms with Gasteiger partial charge in [-0.3, -0.25) is 4.79 Å². The highest BCUT2D eigenvalue weighted by molar-refractivity contribution is 7.99. The van der Waals surface area contributed by atoms with Crippen LogP contribution in [0.25, 0.3) is 16.6 Å². The van der Waals surface area contributed by atoms with E-state index in [9.17, 15) is 4.79 Å². The molecule has 4 rings (SSSR count). The van der Waals surface area contributed by atoms with Crippen molar-refractivity contribution >= 4 is 28.9 Å². The molecular weight excluding hydrogens is 354 g/mol. The Morgan fingerprint density at radius 1 is 0.920 bits per heavy atom. The van der Waals surface area contributed by atoms with E-state index in [2.05, 4.69) is 10.1 Å². The Kier molecular flexibility index (Phi) is 4.26. The second kappa shape index (κ2) is 6.70. The van der Waals surface area contributed by atoms with Crippen LogP contribution in [0.5, 0.6) is 0 Å². The van der Waals surface area contributed by atoms with E-state index in [-0.39, 0.29) is 5.56 Å². The van der Waals surface area contributed by atoms with Crippen molar-refractivity contribution in [1.82, 2.24) is 14.6 Å². The molecule has 2 heterocycles. The lowest BCUT2D eigenvalue weighted by atomic mass is 10.1. The van der Waals surface area contributed by atoms with Crippen molar-refractivity contribution < 1.29 is 0 Å². The van der Waals surface area contributed by atoms with Gasteiger partial charge >= 0.3 is 0 Å². The summed E-state index contributed by atoms with van der Waals surface area (Å²) in [5, 5.41) is 5.89. The molecule has 0 N–H and O–H groups in total. The first-order valence-electron chi connectivity index (χ1n) is 7.59. The van der Waals surface area contributed by atoms with Crippen molar-refractivity contribution in [1.29, 1.82) is 0 Å². The Hall–Kier alpha value is -2.63. The lowest BCUT2D eigenvalue weighted by Crippen LogP contribution is -2.13. The third-order valence-corrected chi connectivity index (χ3v) is 4.96. The summed E-state index contributed by atoms with van der Waals surface area (Å²) in [6, 6.07) is 21.0. The first-order chi connectivity index (χ1) is 12.2. The lowest BCUT2D eigenvalue weighted by Gasteiger charge is -2.09. The topological polar surface area (TPSA) is 47.3 Å². The standard InChI is InChI=1S/C19H12ClN3OS/c20-15-9-5-4-8-14(15)18-16-10-11-17(22-23(16)12-21-19(18)24)25-13-6-2-1-3-7-13/h1-12H. The fourth-order valence-corrected chi connectivity index (χ4v) is 3.60. The number of aromatic nitrogens is 3. The Morgan fingerprint density at radius 3 is 2.48 bits per heavy atom. The lowest BCUT2D eigenvalue weighted by molar-refractivity contribution is 0.824. The smallest absolute Gasteiger partial charge is 0.267 e. The van der Waals surface area contributed by atoms with Crippen LogP contribution >= 0.6 is 23.4 Å². The van der Waals surface area contributed by atoms with Crippen LogP contribution in [0, 0.1) is 0 Å². The molecule has 4 aromatic rings. The van der Waals surface area contributed by atoms with Crippen LogP contribution in [0.2, 0.25) is 5.02 Å². The van der Waals surface area contributed by atoms with Crippen molar-refractivity contribution in [3.05, 3.63) is 88.4 Å². The zero-order chi connectivity index (χ0) is 17.2. The Morgan fingerprint density at radius 2 is 1.68 bits per heavy atom. The number of hydrogen-bond donors (Lipinski definition) is 0. The van der Waals surface area contributed by atoms with Gasteiger partial charge in [-0.2, -0.15) is 10.1 Å². The maximum atomic E-state index is 12.3. The Labute approximate surface area is 153 Å². The second-order valence-corrected chi connectivity index (χ2v) is 6.82. The molecule has 0 bridgehead atoms. The van der Waals surface area contributed by atoms with Crippen molar-refractivity contribution in [3.63, 3.8) is 0 Å². The summed E-state index contributed by atoms with van der Waals surface area (Å²) >= 11 is 7.82. The molecular formula is C19H12ClN3OS. The highest BCUT2D eigenvalue weighted by Crippen LogP contribution is 2.30. The van der Waals surface area contributed by atoms with Crippen molar-refractivity contribution in [2.75, 3.05) is 0 Å². The molecule has 122 valence electrons. The zero-order valence-electron chi connectivity index (χ0n) is 13.0. The minimum Gasteiger partial charge on any atom is -0.267 e. The quantitative estimate of drug-likeness (QED) is 0.534. The van der Waals surface area contributed by atoms with Gasteiger partial charge in [0.05, 0.1) is 11.1 Å². The summed E-state index contributed by atoms with van der Waals surface area (Å²) in [6.45, 7) is 0. The second-order valence-electron chi connectivity index (χ2n) is 5.32. The van der Waals surface area contributed by atoms with E-state index in [1.807, 2.05) is 60.7 Å². The number of rotatable bonds is 3. The Bertz CT molecular complexity index is 1110. The Balaban J connectivity index is 1.84. The molecule has 0 spiro atoms. The normalized spacial score (nSPS) is 10.9. The van der Waals surface area contributed by atoms with Gasteiger partial charge in [-0.25, -0.2) is 4.52 Å². The molecule has 2 aromatic carbocycles. The van der Waals surface area contributed by atoms with Gasteiger partial charge < -0.3 is 0 Å². The van der Waals surface area contributed by atoms with Crippen LogP contribution in [0.1, 0.15) is 0 Å². The molecule has 0 atom stereocenters. The average molecular weight is 366 g/mol. The van der Waals surface area contributed by atoms with Gasteiger partial charge in [0.25, 0.3) is 5.56 Å². The van der Waals surface area contributed by atoms with E-state index in [0.29, 0.717) is 21.7 Å². The van der Waals surface area contributed by atoms with E-state index in [1.54, 1.807) is 22.3 Å². The van der Waals surface area contributed by atoms with Gasteiger partial charge in [0.15, 0.2) is 0 Å². The zero-order valence-corrected chi connectivity index (χ0v) is 14.5. The third-order valence-electron chi connectivity index (χ3n) is 3.70. The molecule has 0 aliphatic heterocycles. The minimum atomic E-state index is -0.321. The summed E-state index contributed by atoms with van der Waals surface area (Å²) in [6.07, 6.45) is 1.44. The van der Waals surface area contributed by atoms with E-state index >= 15 is 0 Å². The average Bonchev–Trinajstić information content (AvgIpc) is 2.64. The number of nitrogens with zero attached hydrogens (tertiary/aromatic N) is 3. The summed E-state index contributed by atoms with van der Waals surface area (Å²) in [5.41, 5.74) is 1.46. The molecule has 0 aliphatic rings. The molecule has 0 unspecified atom stereocenters. The van der Waals surface area contributed by atoms with E-state index in [4.69, 9.17) is 11.6 Å². The number of fused-ring (bicyclic) bond motifs is 1. The van der Waals surface area contributed by atoms with Crippen LogP contribution in [-0.4, -0.2) is 14.6 Å². The fraction of sp³-hybridized carbons (Fsp3) is 0. The van der Waals surface area contributed by atoms with Crippen LogP contribution in [-0.2, 0) is 0 Å². The summed E-state index contributed by atoms with van der Waals surface area (Å²) in [5.74, 6) is 0. The van der Waals surface area contributed by atoms with E-state index < -0.39 is 0 Å². The molecule has 0 saturated carbocycles. The van der Waals surface area contributed by atoms with Crippen LogP contribution in [0.3, 0.4) is 0 Å². The molecule has 0 aliphatic carbocycles. The molecule has 4 nitrogen and oxygen atoms in total. The molecule has 0 fully saturated rings. The summed E-state index contributed by atoms with van der Waals surface area (Å²) < 4.78 is 1.62. The predicted molar refractivity (Wildman–Crippen MR) is 100 cm³/mol. The third kappa shape index (κ3) is 3.16. The van der Waals surface area contributed by atoms with Gasteiger partial charge in [-0.1, -0.05) is 59.8 Å². The first kappa shape index (κ1) is 15.9. The highest BCUT2D eigenvalue weighted by atomic mass is 35.5. The fourth-order valence-electron chi connectivity index (χ4n) is 2.57. The van der Waals surface area contributed by atoms with Crippen molar-refractivity contribution in [3.8, 4) is 11.1 Å². The highest BCUT2D eigenvalue weighted by Gasteiger charge is 2.13. The number of benzene rings is 2. The monoisotopic (exact) mass is 365 g/mol. The maximum Gasteiger partial charge on any atom is 0.281 e. The molecule has 0 amide bonds. The van der Waals surface area contributed by atoms with Crippen LogP contribution in [0.4, 0.5) is 0 Å². The van der Waals surface area contributed by atoms with Gasteiger partial charge in [0.2, 0.25) is 0 Å². The number of hydrogen-bond acceptors (Lipinski definition) is 4. The maximum absolute atomic E-state index is 12.3. The molecule has 25 heavy (non-hydrogen) atoms. The summed E-state index contributed by atoms with van der Waals surface area (Å²) in [4.78, 5) is 17.4. The van der Waals surface area contributed by atoms with Crippen LogP contribution < -0.4 is 5.56 Å². The van der Waals surface area contributed by atoms with Crippen molar-refractivity contribution in [2.24, 2.45) is 0 Å². The van der Waals surface area contributed by atoms with E-state index in [0.717, 1.165) is 9.92 Å². The van der Waals surface area contributed by atoms with Crippen LogP contribution in [0.15, 0.2) is 87.8 Å². The minimum absolute atomic E-state index is 0.321. The molecule has 6 heteroatoms. The number of halogens is 1. The molecule has 0 saturated heterocycles. The first-order valence-corrected chi connectivity index (χ1v) is 8.78. The molecule has 0 radical (unpaired) electrons. The van der Waals surface area contributed by atoms with Gasteiger partial charge in [-0.15, -0.1) is 0 Å². The SMILES string of the molecule is O=c1ncn2nc(Sc3ccccc3)ccc2c1-c1ccccc1Cl. The van der Waals surface area contributed by atoms with Crippen molar-refractivity contribution in [2.45, 2.75) is 9.92 Å². The summed E-state index contributed by atoms with van der Waals surface area (Å²) in [7, 11) is 0. The predicted octanol–water partition coefficient (Wildman–Crippen LogP) is 4.56. The largest absolute Gasteiger partial charge is 0.281 e. The van der Waals surface area contributed by atoms with Gasteiger partial charge in [0, 0.05) is 15.5 Å². The molecule has 2 aromatic heterocycles. The van der Waals surface area contributed by atoms with Gasteiger partial charge in [0.1, 0.15) is 11.4 Å².